The van der Waals surface area contributed by atoms with Gasteiger partial charge in [0.2, 0.25) is 5.91 Å². The van der Waals surface area contributed by atoms with Gasteiger partial charge in [0.1, 0.15) is 0 Å². The summed E-state index contributed by atoms with van der Waals surface area (Å²) in [6.07, 6.45) is 0.792. The van der Waals surface area contributed by atoms with E-state index in [4.69, 9.17) is 0 Å². The lowest BCUT2D eigenvalue weighted by Crippen LogP contribution is -2.17. The van der Waals surface area contributed by atoms with Crippen molar-refractivity contribution in [1.82, 2.24) is 9.97 Å². The van der Waals surface area contributed by atoms with Crippen molar-refractivity contribution in [2.45, 2.75) is 24.9 Å². The SMILES string of the molecule is CCc1cccc(NC(=O)CSc2nc(CC(=O)OC)cc(=O)[nH]2)c1. The molecule has 2 N–H and O–H groups in total. The van der Waals surface area contributed by atoms with Crippen LogP contribution in [0.2, 0.25) is 0 Å². The van der Waals surface area contributed by atoms with Gasteiger partial charge in [-0.05, 0) is 24.1 Å². The van der Waals surface area contributed by atoms with E-state index in [0.29, 0.717) is 5.69 Å². The van der Waals surface area contributed by atoms with E-state index in [1.165, 1.54) is 13.2 Å². The van der Waals surface area contributed by atoms with Crippen molar-refractivity contribution in [2.75, 3.05) is 18.2 Å². The second-order valence-electron chi connectivity index (χ2n) is 5.19. The van der Waals surface area contributed by atoms with E-state index in [9.17, 15) is 14.4 Å². The fraction of sp³-hybridized carbons (Fsp3) is 0.294. The fourth-order valence-corrected chi connectivity index (χ4v) is 2.76. The molecule has 0 aliphatic carbocycles. The first-order valence-corrected chi connectivity index (χ1v) is 8.67. The Balaban J connectivity index is 1.96. The summed E-state index contributed by atoms with van der Waals surface area (Å²) in [6, 6.07) is 8.85. The predicted molar refractivity (Wildman–Crippen MR) is 95.8 cm³/mol. The molecule has 132 valence electrons. The minimum atomic E-state index is -0.484. The van der Waals surface area contributed by atoms with Gasteiger partial charge < -0.3 is 15.0 Å². The minimum absolute atomic E-state index is 0.0843. The number of thioether (sulfide) groups is 1. The topological polar surface area (TPSA) is 101 Å². The van der Waals surface area contributed by atoms with Gasteiger partial charge in [-0.1, -0.05) is 30.8 Å². The highest BCUT2D eigenvalue weighted by Crippen LogP contribution is 2.14. The molecule has 2 aromatic rings. The van der Waals surface area contributed by atoms with Crippen molar-refractivity contribution in [2.24, 2.45) is 0 Å². The lowest BCUT2D eigenvalue weighted by Gasteiger charge is -2.07. The van der Waals surface area contributed by atoms with Gasteiger partial charge in [-0.25, -0.2) is 4.98 Å². The van der Waals surface area contributed by atoms with Crippen molar-refractivity contribution in [3.05, 3.63) is 51.9 Å². The Hall–Kier alpha value is -2.61. The molecule has 25 heavy (non-hydrogen) atoms. The number of aromatic nitrogens is 2. The molecule has 1 aromatic carbocycles. The Morgan fingerprint density at radius 2 is 2.12 bits per heavy atom. The molecule has 0 atom stereocenters. The number of hydrogen-bond acceptors (Lipinski definition) is 6. The molecule has 7 nitrogen and oxygen atoms in total. The molecule has 0 saturated carbocycles. The zero-order chi connectivity index (χ0) is 18.2. The monoisotopic (exact) mass is 361 g/mol. The highest BCUT2D eigenvalue weighted by Gasteiger charge is 2.10. The van der Waals surface area contributed by atoms with Gasteiger partial charge in [0.05, 0.1) is 25.0 Å². The number of nitrogens with zero attached hydrogens (tertiary/aromatic N) is 1. The number of amides is 1. The minimum Gasteiger partial charge on any atom is -0.469 e. The number of ether oxygens (including phenoxy) is 1. The lowest BCUT2D eigenvalue weighted by molar-refractivity contribution is -0.139. The second kappa shape index (κ2) is 9.03. The van der Waals surface area contributed by atoms with Crippen LogP contribution in [0.5, 0.6) is 0 Å². The van der Waals surface area contributed by atoms with Crippen LogP contribution in [0.3, 0.4) is 0 Å². The van der Waals surface area contributed by atoms with Crippen molar-refractivity contribution in [1.29, 1.82) is 0 Å². The number of aryl methyl sites for hydroxylation is 1. The third-order valence-electron chi connectivity index (χ3n) is 3.29. The first-order chi connectivity index (χ1) is 12.0. The summed E-state index contributed by atoms with van der Waals surface area (Å²) < 4.78 is 4.56. The normalized spacial score (nSPS) is 10.3. The van der Waals surface area contributed by atoms with E-state index >= 15 is 0 Å². The first-order valence-electron chi connectivity index (χ1n) is 7.68. The van der Waals surface area contributed by atoms with Gasteiger partial charge >= 0.3 is 5.97 Å². The van der Waals surface area contributed by atoms with Crippen LogP contribution < -0.4 is 10.9 Å². The summed E-state index contributed by atoms with van der Waals surface area (Å²) in [7, 11) is 1.27. The summed E-state index contributed by atoms with van der Waals surface area (Å²) in [5.41, 5.74) is 1.78. The number of anilines is 1. The molecule has 0 unspecified atom stereocenters. The highest BCUT2D eigenvalue weighted by molar-refractivity contribution is 7.99. The molecule has 8 heteroatoms. The van der Waals surface area contributed by atoms with Crippen molar-refractivity contribution < 1.29 is 14.3 Å². The number of carbonyl (C=O) groups is 2. The number of esters is 1. The molecule has 0 aliphatic rings. The smallest absolute Gasteiger partial charge is 0.311 e. The van der Waals surface area contributed by atoms with Crippen LogP contribution in [-0.2, 0) is 27.2 Å². The third kappa shape index (κ3) is 6.07. The lowest BCUT2D eigenvalue weighted by atomic mass is 10.1. The van der Waals surface area contributed by atoms with E-state index in [0.717, 1.165) is 29.4 Å². The molecule has 0 saturated heterocycles. The average Bonchev–Trinajstić information content (AvgIpc) is 2.59. The Bertz CT molecular complexity index is 820. The van der Waals surface area contributed by atoms with Gasteiger partial charge in [-0.2, -0.15) is 0 Å². The van der Waals surface area contributed by atoms with E-state index < -0.39 is 5.97 Å². The number of nitrogens with one attached hydrogen (secondary N) is 2. The maximum atomic E-state index is 12.1. The molecule has 0 radical (unpaired) electrons. The van der Waals surface area contributed by atoms with Crippen LogP contribution in [0, 0.1) is 0 Å². The van der Waals surface area contributed by atoms with E-state index in [2.05, 4.69) is 20.0 Å². The molecule has 2 rings (SSSR count). The molecule has 0 aliphatic heterocycles. The van der Waals surface area contributed by atoms with Crippen LogP contribution in [-0.4, -0.2) is 34.7 Å². The van der Waals surface area contributed by atoms with Gasteiger partial charge in [0.15, 0.2) is 5.16 Å². The van der Waals surface area contributed by atoms with Gasteiger partial charge in [-0.15, -0.1) is 0 Å². The van der Waals surface area contributed by atoms with Crippen LogP contribution in [0.1, 0.15) is 18.2 Å². The van der Waals surface area contributed by atoms with Crippen molar-refractivity contribution >= 4 is 29.3 Å². The van der Waals surface area contributed by atoms with Crippen LogP contribution in [0.25, 0.3) is 0 Å². The van der Waals surface area contributed by atoms with Crippen molar-refractivity contribution in [3.63, 3.8) is 0 Å². The highest BCUT2D eigenvalue weighted by atomic mass is 32.2. The largest absolute Gasteiger partial charge is 0.469 e. The fourth-order valence-electron chi connectivity index (χ4n) is 2.06. The number of methoxy groups -OCH3 is 1. The van der Waals surface area contributed by atoms with Crippen LogP contribution in [0.4, 0.5) is 5.69 Å². The Labute approximate surface area is 149 Å². The number of rotatable bonds is 7. The van der Waals surface area contributed by atoms with Crippen LogP contribution in [0.15, 0.2) is 40.3 Å². The molecule has 0 spiro atoms. The van der Waals surface area contributed by atoms with Gasteiger partial charge in [0, 0.05) is 11.8 Å². The number of aromatic amines is 1. The number of H-pyrrole nitrogens is 1. The zero-order valence-corrected chi connectivity index (χ0v) is 14.8. The van der Waals surface area contributed by atoms with Gasteiger partial charge in [0.25, 0.3) is 5.56 Å². The van der Waals surface area contributed by atoms with Crippen molar-refractivity contribution in [3.8, 4) is 0 Å². The maximum absolute atomic E-state index is 12.1. The molecule has 1 amide bonds. The average molecular weight is 361 g/mol. The summed E-state index contributed by atoms with van der Waals surface area (Å²) in [6.45, 7) is 2.04. The van der Waals surface area contributed by atoms with E-state index in [1.54, 1.807) is 0 Å². The number of benzene rings is 1. The second-order valence-corrected chi connectivity index (χ2v) is 6.15. The number of carbonyl (C=O) groups excluding carboxylic acids is 2. The maximum Gasteiger partial charge on any atom is 0.311 e. The van der Waals surface area contributed by atoms with E-state index in [-0.39, 0.29) is 28.8 Å². The molecule has 0 bridgehead atoms. The quantitative estimate of drug-likeness (QED) is 0.443. The predicted octanol–water partition coefficient (Wildman–Crippen LogP) is 1.78. The van der Waals surface area contributed by atoms with Crippen LogP contribution >= 0.6 is 11.8 Å². The Morgan fingerprint density at radius 3 is 2.84 bits per heavy atom. The number of hydrogen-bond donors (Lipinski definition) is 2. The Morgan fingerprint density at radius 1 is 1.32 bits per heavy atom. The zero-order valence-electron chi connectivity index (χ0n) is 14.0. The summed E-state index contributed by atoms with van der Waals surface area (Å²) in [5.74, 6) is -0.608. The van der Waals surface area contributed by atoms with Gasteiger partial charge in [-0.3, -0.25) is 14.4 Å². The molecular formula is C17H19N3O4S. The summed E-state index contributed by atoms with van der Waals surface area (Å²) >= 11 is 1.09. The summed E-state index contributed by atoms with van der Waals surface area (Å²) in [5, 5.41) is 3.09. The first kappa shape index (κ1) is 18.7. The molecule has 1 aromatic heterocycles. The van der Waals surface area contributed by atoms with E-state index in [1.807, 2.05) is 31.2 Å². The third-order valence-corrected chi connectivity index (χ3v) is 4.16. The standard InChI is InChI=1S/C17H19N3O4S/c1-3-11-5-4-6-12(7-11)18-15(22)10-25-17-19-13(8-14(21)20-17)9-16(23)24-2/h4-8H,3,9-10H2,1-2H3,(H,18,22)(H,19,20,21). The Kier molecular flexibility index (Phi) is 6.76. The molecular weight excluding hydrogens is 342 g/mol. The molecule has 0 fully saturated rings. The summed E-state index contributed by atoms with van der Waals surface area (Å²) in [4.78, 5) is 41.7. The molecule has 1 heterocycles.